The Morgan fingerprint density at radius 1 is 1.43 bits per heavy atom. The summed E-state index contributed by atoms with van der Waals surface area (Å²) in [6.07, 6.45) is 0.729. The van der Waals surface area contributed by atoms with Crippen LogP contribution in [0.5, 0.6) is 0 Å². The van der Waals surface area contributed by atoms with Gasteiger partial charge in [0.2, 0.25) is 0 Å². The first-order valence-corrected chi connectivity index (χ1v) is 8.95. The predicted molar refractivity (Wildman–Crippen MR) is 84.3 cm³/mol. The number of rotatable bonds is 6. The summed E-state index contributed by atoms with van der Waals surface area (Å²) < 4.78 is 31.1. The lowest BCUT2D eigenvalue weighted by molar-refractivity contribution is 0.0899. The molecule has 1 unspecified atom stereocenters. The number of aliphatic hydroxyl groups excluding tert-OH is 1. The zero-order valence-electron chi connectivity index (χ0n) is 12.1. The predicted octanol–water partition coefficient (Wildman–Crippen LogP) is 1.56. The van der Waals surface area contributed by atoms with Gasteiger partial charge in [-0.15, -0.1) is 0 Å². The van der Waals surface area contributed by atoms with Crippen molar-refractivity contribution in [1.29, 1.82) is 0 Å². The summed E-state index contributed by atoms with van der Waals surface area (Å²) in [4.78, 5) is 0.152. The number of nitrogens with zero attached hydrogens (tertiary/aromatic N) is 1. The highest BCUT2D eigenvalue weighted by molar-refractivity contribution is 7.86. The molecule has 0 aromatic heterocycles. The van der Waals surface area contributed by atoms with Crippen LogP contribution in [0.3, 0.4) is 0 Å². The smallest absolute Gasteiger partial charge is 0.296 e. The van der Waals surface area contributed by atoms with Crippen LogP contribution in [-0.2, 0) is 14.3 Å². The van der Waals surface area contributed by atoms with Crippen molar-refractivity contribution in [3.8, 4) is 0 Å². The van der Waals surface area contributed by atoms with Crippen LogP contribution >= 0.6 is 9.39 Å². The molecule has 1 N–H and O–H groups in total. The zero-order valence-corrected chi connectivity index (χ0v) is 14.1. The fourth-order valence-corrected chi connectivity index (χ4v) is 3.76. The van der Waals surface area contributed by atoms with E-state index in [9.17, 15) is 13.5 Å². The second-order valence-corrected chi connectivity index (χ2v) is 7.83. The maximum absolute atomic E-state index is 12.0. The first kappa shape index (κ1) is 16.8. The molecule has 1 heterocycles. The van der Waals surface area contributed by atoms with Crippen molar-refractivity contribution in [1.82, 2.24) is 4.67 Å². The van der Waals surface area contributed by atoms with E-state index < -0.39 is 16.2 Å². The third kappa shape index (κ3) is 4.73. The maximum atomic E-state index is 12.0. The summed E-state index contributed by atoms with van der Waals surface area (Å²) in [5, 5.41) is 10.1. The van der Waals surface area contributed by atoms with Crippen molar-refractivity contribution >= 4 is 19.5 Å². The van der Waals surface area contributed by atoms with Crippen LogP contribution in [0, 0.1) is 12.8 Å². The minimum atomic E-state index is -3.73. The lowest BCUT2D eigenvalue weighted by Crippen LogP contribution is -2.24. The van der Waals surface area contributed by atoms with Crippen molar-refractivity contribution in [2.24, 2.45) is 5.92 Å². The third-order valence-electron chi connectivity index (χ3n) is 3.76. The van der Waals surface area contributed by atoms with Crippen LogP contribution in [0.1, 0.15) is 18.4 Å². The molecule has 0 bridgehead atoms. The molecule has 118 valence electrons. The van der Waals surface area contributed by atoms with Crippen molar-refractivity contribution in [2.45, 2.75) is 30.8 Å². The highest BCUT2D eigenvalue weighted by Crippen LogP contribution is 2.24. The molecule has 1 fully saturated rings. The number of aliphatic hydroxyl groups is 1. The normalized spacial score (nSPS) is 21.6. The molecule has 0 aliphatic carbocycles. The molecule has 0 saturated carbocycles. The Labute approximate surface area is 128 Å². The van der Waals surface area contributed by atoms with Crippen molar-refractivity contribution in [3.63, 3.8) is 0 Å². The Morgan fingerprint density at radius 2 is 2.10 bits per heavy atom. The van der Waals surface area contributed by atoms with Gasteiger partial charge in [0.25, 0.3) is 10.1 Å². The lowest BCUT2D eigenvalue weighted by Gasteiger charge is -2.17. The van der Waals surface area contributed by atoms with Gasteiger partial charge in [-0.25, -0.2) is 0 Å². The SMILES string of the molecule is Cc1ccc(S(=O)(=O)OCC[C@@H](O)[C@H]2CCN(P)C2)cc1. The highest BCUT2D eigenvalue weighted by atomic mass is 32.2. The van der Waals surface area contributed by atoms with Crippen LogP contribution in [0.2, 0.25) is 0 Å². The van der Waals surface area contributed by atoms with Gasteiger partial charge >= 0.3 is 0 Å². The van der Waals surface area contributed by atoms with Crippen LogP contribution in [-0.4, -0.2) is 44.0 Å². The Bertz CT molecular complexity index is 561. The molecule has 1 aliphatic heterocycles. The van der Waals surface area contributed by atoms with Crippen molar-refractivity contribution in [2.75, 3.05) is 19.7 Å². The number of hydrogen-bond acceptors (Lipinski definition) is 5. The standard InChI is InChI=1S/C14H22NO4PS/c1-11-2-4-13(5-3-11)21(17,18)19-9-7-14(16)12-6-8-15(20)10-12/h2-5,12,14,16H,6-10,20H2,1H3/t12-,14+/m0/s1. The van der Waals surface area contributed by atoms with E-state index in [1.54, 1.807) is 12.1 Å². The minimum Gasteiger partial charge on any atom is -0.393 e. The first-order chi connectivity index (χ1) is 9.88. The van der Waals surface area contributed by atoms with Crippen molar-refractivity contribution < 1.29 is 17.7 Å². The van der Waals surface area contributed by atoms with E-state index in [4.69, 9.17) is 4.18 Å². The van der Waals surface area contributed by atoms with Gasteiger partial charge in [0.05, 0.1) is 17.6 Å². The van der Waals surface area contributed by atoms with Crippen LogP contribution in [0.15, 0.2) is 29.2 Å². The Morgan fingerprint density at radius 3 is 2.67 bits per heavy atom. The summed E-state index contributed by atoms with van der Waals surface area (Å²) in [7, 11) is -1.11. The van der Waals surface area contributed by atoms with Crippen LogP contribution < -0.4 is 0 Å². The highest BCUT2D eigenvalue weighted by Gasteiger charge is 2.26. The van der Waals surface area contributed by atoms with Gasteiger partial charge in [0.15, 0.2) is 0 Å². The summed E-state index contributed by atoms with van der Waals surface area (Å²) in [5.74, 6) is 0.188. The quantitative estimate of drug-likeness (QED) is 0.633. The van der Waals surface area contributed by atoms with Crippen molar-refractivity contribution in [3.05, 3.63) is 29.8 Å². The molecule has 2 rings (SSSR count). The lowest BCUT2D eigenvalue weighted by atomic mass is 10.00. The van der Waals surface area contributed by atoms with Gasteiger partial charge in [-0.05, 0) is 37.8 Å². The van der Waals surface area contributed by atoms with E-state index >= 15 is 0 Å². The van der Waals surface area contributed by atoms with E-state index in [1.807, 2.05) is 6.92 Å². The van der Waals surface area contributed by atoms with E-state index in [1.165, 1.54) is 12.1 Å². The molecule has 3 atom stereocenters. The molecule has 1 aromatic rings. The van der Waals surface area contributed by atoms with E-state index in [0.29, 0.717) is 6.42 Å². The molecule has 0 amide bonds. The fraction of sp³-hybridized carbons (Fsp3) is 0.571. The fourth-order valence-electron chi connectivity index (χ4n) is 2.42. The summed E-state index contributed by atoms with van der Waals surface area (Å²) in [5.41, 5.74) is 0.993. The monoisotopic (exact) mass is 331 g/mol. The van der Waals surface area contributed by atoms with Gasteiger partial charge in [-0.1, -0.05) is 27.1 Å². The number of aryl methyl sites for hydroxylation is 1. The summed E-state index contributed by atoms with van der Waals surface area (Å²) in [6, 6.07) is 6.53. The molecular weight excluding hydrogens is 309 g/mol. The molecule has 1 aliphatic rings. The van der Waals surface area contributed by atoms with Gasteiger partial charge in [-0.3, -0.25) is 8.85 Å². The van der Waals surface area contributed by atoms with E-state index in [0.717, 1.165) is 25.1 Å². The van der Waals surface area contributed by atoms with E-state index in [-0.39, 0.29) is 17.4 Å². The molecule has 0 spiro atoms. The molecule has 7 heteroatoms. The van der Waals surface area contributed by atoms with E-state index in [2.05, 4.69) is 14.1 Å². The van der Waals surface area contributed by atoms with Gasteiger partial charge in [-0.2, -0.15) is 8.42 Å². The topological polar surface area (TPSA) is 66.8 Å². The Balaban J connectivity index is 1.83. The molecule has 1 saturated heterocycles. The zero-order chi connectivity index (χ0) is 15.5. The minimum absolute atomic E-state index is 0.00470. The Kier molecular flexibility index (Phi) is 5.74. The van der Waals surface area contributed by atoms with Gasteiger partial charge in [0, 0.05) is 13.1 Å². The molecule has 1 aromatic carbocycles. The molecule has 0 radical (unpaired) electrons. The average Bonchev–Trinajstić information content (AvgIpc) is 2.86. The number of hydrogen-bond donors (Lipinski definition) is 1. The van der Waals surface area contributed by atoms with Crippen LogP contribution in [0.25, 0.3) is 0 Å². The molecular formula is C14H22NO4PS. The van der Waals surface area contributed by atoms with Gasteiger partial charge < -0.3 is 5.11 Å². The first-order valence-electron chi connectivity index (χ1n) is 7.02. The Hall–Kier alpha value is -0.520. The largest absolute Gasteiger partial charge is 0.393 e. The second-order valence-electron chi connectivity index (χ2n) is 5.49. The molecule has 5 nitrogen and oxygen atoms in total. The average molecular weight is 331 g/mol. The maximum Gasteiger partial charge on any atom is 0.296 e. The summed E-state index contributed by atoms with van der Waals surface area (Å²) in [6.45, 7) is 3.65. The number of benzene rings is 1. The third-order valence-corrected chi connectivity index (χ3v) is 5.56. The summed E-state index contributed by atoms with van der Waals surface area (Å²) >= 11 is 0. The van der Waals surface area contributed by atoms with Gasteiger partial charge in [0.1, 0.15) is 0 Å². The van der Waals surface area contributed by atoms with Crippen LogP contribution in [0.4, 0.5) is 0 Å². The second kappa shape index (κ2) is 7.16. The molecule has 21 heavy (non-hydrogen) atoms.